The topological polar surface area (TPSA) is 91.8 Å². The number of piperidine rings is 1. The summed E-state index contributed by atoms with van der Waals surface area (Å²) in [6.45, 7) is 3.00. The molecule has 1 saturated heterocycles. The van der Waals surface area contributed by atoms with Crippen molar-refractivity contribution in [2.45, 2.75) is 19.0 Å². The summed E-state index contributed by atoms with van der Waals surface area (Å²) < 4.78 is 50.0. The SMILES string of the molecule is COc1cccnc1NCC1CCN(CC(=O)c2ccc(F)cc2)CC1.O=C(O)C(F)(F)F. The Balaban J connectivity index is 0.000000479. The number of methoxy groups -OCH3 is 1. The third-order valence-corrected chi connectivity index (χ3v) is 5.03. The molecule has 33 heavy (non-hydrogen) atoms. The maximum absolute atomic E-state index is 13.0. The van der Waals surface area contributed by atoms with E-state index in [1.165, 1.54) is 12.1 Å². The first kappa shape index (κ1) is 26.0. The van der Waals surface area contributed by atoms with Crippen molar-refractivity contribution in [3.63, 3.8) is 0 Å². The van der Waals surface area contributed by atoms with E-state index < -0.39 is 12.1 Å². The van der Waals surface area contributed by atoms with E-state index in [0.29, 0.717) is 18.0 Å². The lowest BCUT2D eigenvalue weighted by molar-refractivity contribution is -0.192. The summed E-state index contributed by atoms with van der Waals surface area (Å²) in [5.74, 6) is -0.982. The van der Waals surface area contributed by atoms with Crippen molar-refractivity contribution >= 4 is 17.6 Å². The molecule has 1 aliphatic rings. The highest BCUT2D eigenvalue weighted by molar-refractivity contribution is 5.97. The van der Waals surface area contributed by atoms with E-state index in [0.717, 1.165) is 44.0 Å². The number of aliphatic carboxylic acids is 1. The van der Waals surface area contributed by atoms with Crippen molar-refractivity contribution in [3.8, 4) is 5.75 Å². The second-order valence-electron chi connectivity index (χ2n) is 7.39. The zero-order valence-corrected chi connectivity index (χ0v) is 17.9. The number of carbonyl (C=O) groups is 2. The molecule has 180 valence electrons. The first-order valence-corrected chi connectivity index (χ1v) is 10.1. The number of hydrogen-bond acceptors (Lipinski definition) is 6. The van der Waals surface area contributed by atoms with Gasteiger partial charge >= 0.3 is 12.1 Å². The standard InChI is InChI=1S/C20H24FN3O2.C2HF3O2/c1-26-19-3-2-10-22-20(19)23-13-15-8-11-24(12-9-15)14-18(25)16-4-6-17(21)7-5-16;3-2(4,5)1(6)7/h2-7,10,15H,8-9,11-14H2,1H3,(H,22,23);(H,6,7). The number of carbonyl (C=O) groups excluding carboxylic acids is 1. The van der Waals surface area contributed by atoms with Crippen LogP contribution in [0, 0.1) is 11.7 Å². The van der Waals surface area contributed by atoms with Crippen LogP contribution in [0.15, 0.2) is 42.6 Å². The molecule has 2 N–H and O–H groups in total. The van der Waals surface area contributed by atoms with Gasteiger partial charge in [-0.05, 0) is 68.2 Å². The summed E-state index contributed by atoms with van der Waals surface area (Å²) in [5.41, 5.74) is 0.567. The molecule has 0 radical (unpaired) electrons. The summed E-state index contributed by atoms with van der Waals surface area (Å²) in [6.07, 6.45) is -1.29. The molecule has 0 aliphatic carbocycles. The average molecular weight is 471 g/mol. The number of rotatable bonds is 7. The van der Waals surface area contributed by atoms with Crippen LogP contribution in [0.5, 0.6) is 5.75 Å². The number of nitrogens with one attached hydrogen (secondary N) is 1. The molecule has 3 rings (SSSR count). The van der Waals surface area contributed by atoms with Gasteiger partial charge in [-0.2, -0.15) is 13.2 Å². The molecule has 1 aromatic carbocycles. The van der Waals surface area contributed by atoms with Gasteiger partial charge in [0.15, 0.2) is 17.4 Å². The number of carboxylic acids is 1. The minimum Gasteiger partial charge on any atom is -0.493 e. The van der Waals surface area contributed by atoms with E-state index in [1.54, 1.807) is 25.4 Å². The number of alkyl halides is 3. The van der Waals surface area contributed by atoms with Gasteiger partial charge in [0, 0.05) is 18.3 Å². The number of halogens is 4. The highest BCUT2D eigenvalue weighted by Crippen LogP contribution is 2.23. The fraction of sp³-hybridized carbons (Fsp3) is 0.409. The van der Waals surface area contributed by atoms with Crippen LogP contribution in [0.1, 0.15) is 23.2 Å². The van der Waals surface area contributed by atoms with Gasteiger partial charge in [-0.25, -0.2) is 14.2 Å². The van der Waals surface area contributed by atoms with Crippen LogP contribution in [0.25, 0.3) is 0 Å². The number of hydrogen-bond donors (Lipinski definition) is 2. The molecule has 0 atom stereocenters. The molecule has 1 aliphatic heterocycles. The Hall–Kier alpha value is -3.21. The van der Waals surface area contributed by atoms with Gasteiger partial charge in [0.25, 0.3) is 0 Å². The number of Topliss-reactive ketones (excluding diaryl/α,β-unsaturated/α-hetero) is 1. The lowest BCUT2D eigenvalue weighted by Gasteiger charge is -2.31. The maximum Gasteiger partial charge on any atom is 0.490 e. The number of ketones is 1. The first-order chi connectivity index (χ1) is 15.6. The van der Waals surface area contributed by atoms with Crippen LogP contribution < -0.4 is 10.1 Å². The van der Waals surface area contributed by atoms with Crippen LogP contribution in [-0.2, 0) is 4.79 Å². The lowest BCUT2D eigenvalue weighted by Crippen LogP contribution is -2.39. The van der Waals surface area contributed by atoms with Crippen molar-refractivity contribution < 1.29 is 37.0 Å². The largest absolute Gasteiger partial charge is 0.493 e. The predicted molar refractivity (Wildman–Crippen MR) is 113 cm³/mol. The summed E-state index contributed by atoms with van der Waals surface area (Å²) in [5, 5.41) is 10.5. The zero-order valence-electron chi connectivity index (χ0n) is 17.9. The van der Waals surface area contributed by atoms with Crippen LogP contribution in [0.4, 0.5) is 23.4 Å². The van der Waals surface area contributed by atoms with Crippen molar-refractivity contribution in [1.29, 1.82) is 0 Å². The molecular weight excluding hydrogens is 446 g/mol. The number of ether oxygens (including phenoxy) is 1. The number of aromatic nitrogens is 1. The van der Waals surface area contributed by atoms with Crippen molar-refractivity contribution in [2.24, 2.45) is 5.92 Å². The molecule has 1 fully saturated rings. The van der Waals surface area contributed by atoms with E-state index >= 15 is 0 Å². The Bertz CT molecular complexity index is 915. The molecule has 0 unspecified atom stereocenters. The Labute approximate surface area is 188 Å². The maximum atomic E-state index is 13.0. The predicted octanol–water partition coefficient (Wildman–Crippen LogP) is 3.87. The Morgan fingerprint density at radius 3 is 2.33 bits per heavy atom. The monoisotopic (exact) mass is 471 g/mol. The van der Waals surface area contributed by atoms with E-state index in [-0.39, 0.29) is 11.6 Å². The van der Waals surface area contributed by atoms with E-state index in [2.05, 4.69) is 15.2 Å². The highest BCUT2D eigenvalue weighted by Gasteiger charge is 2.38. The molecule has 2 heterocycles. The normalized spacial score (nSPS) is 14.7. The van der Waals surface area contributed by atoms with E-state index in [9.17, 15) is 22.4 Å². The molecular formula is C22H25F4N3O4. The zero-order chi connectivity index (χ0) is 24.4. The molecule has 7 nitrogen and oxygen atoms in total. The van der Waals surface area contributed by atoms with Crippen LogP contribution in [0.3, 0.4) is 0 Å². The van der Waals surface area contributed by atoms with Gasteiger partial charge in [0.2, 0.25) is 0 Å². The number of carboxylic acid groups (broad SMARTS) is 1. The summed E-state index contributed by atoms with van der Waals surface area (Å²) in [4.78, 5) is 27.7. The van der Waals surface area contributed by atoms with Gasteiger partial charge in [0.05, 0.1) is 13.7 Å². The summed E-state index contributed by atoms with van der Waals surface area (Å²) >= 11 is 0. The van der Waals surface area contributed by atoms with Crippen LogP contribution in [-0.4, -0.2) is 66.2 Å². The van der Waals surface area contributed by atoms with Crippen molar-refractivity contribution in [3.05, 3.63) is 54.0 Å². The minimum atomic E-state index is -5.08. The fourth-order valence-electron chi connectivity index (χ4n) is 3.21. The molecule has 1 aromatic heterocycles. The third-order valence-electron chi connectivity index (χ3n) is 5.03. The summed E-state index contributed by atoms with van der Waals surface area (Å²) in [6, 6.07) is 9.50. The highest BCUT2D eigenvalue weighted by atomic mass is 19.4. The molecule has 0 bridgehead atoms. The average Bonchev–Trinajstić information content (AvgIpc) is 2.79. The van der Waals surface area contributed by atoms with Gasteiger partial charge in [0.1, 0.15) is 5.82 Å². The fourth-order valence-corrected chi connectivity index (χ4v) is 3.21. The van der Waals surface area contributed by atoms with Gasteiger partial charge in [-0.15, -0.1) is 0 Å². The van der Waals surface area contributed by atoms with Gasteiger partial charge in [-0.3, -0.25) is 9.69 Å². The molecule has 0 saturated carbocycles. The van der Waals surface area contributed by atoms with Crippen LogP contribution in [0.2, 0.25) is 0 Å². The second-order valence-corrected chi connectivity index (χ2v) is 7.39. The molecule has 11 heteroatoms. The van der Waals surface area contributed by atoms with E-state index in [4.69, 9.17) is 14.6 Å². The number of likely N-dealkylation sites (tertiary alicyclic amines) is 1. The lowest BCUT2D eigenvalue weighted by atomic mass is 9.96. The molecule has 2 aromatic rings. The first-order valence-electron chi connectivity index (χ1n) is 10.1. The minimum absolute atomic E-state index is 0.0415. The number of anilines is 1. The Morgan fingerprint density at radius 2 is 1.79 bits per heavy atom. The third kappa shape index (κ3) is 8.68. The number of nitrogens with zero attached hydrogens (tertiary/aromatic N) is 2. The van der Waals surface area contributed by atoms with Crippen LogP contribution >= 0.6 is 0 Å². The second kappa shape index (κ2) is 12.1. The Morgan fingerprint density at radius 1 is 1.18 bits per heavy atom. The summed E-state index contributed by atoms with van der Waals surface area (Å²) in [7, 11) is 1.64. The number of benzene rings is 1. The Kier molecular flexibility index (Phi) is 9.58. The molecule has 0 spiro atoms. The van der Waals surface area contributed by atoms with Crippen molar-refractivity contribution in [1.82, 2.24) is 9.88 Å². The van der Waals surface area contributed by atoms with Crippen molar-refractivity contribution in [2.75, 3.05) is 38.6 Å². The molecule has 0 amide bonds. The van der Waals surface area contributed by atoms with Gasteiger partial charge in [-0.1, -0.05) is 0 Å². The quantitative estimate of drug-likeness (QED) is 0.468. The van der Waals surface area contributed by atoms with Gasteiger partial charge < -0.3 is 15.2 Å². The van der Waals surface area contributed by atoms with E-state index in [1.807, 2.05) is 12.1 Å². The number of pyridine rings is 1. The smallest absolute Gasteiger partial charge is 0.490 e.